The zero-order chi connectivity index (χ0) is 16.1. The van der Waals surface area contributed by atoms with Crippen LogP contribution in [0, 0.1) is 11.8 Å². The molecule has 2 fully saturated rings. The molecule has 0 radical (unpaired) electrons. The van der Waals surface area contributed by atoms with Crippen molar-refractivity contribution >= 4 is 34.2 Å². The van der Waals surface area contributed by atoms with E-state index in [1.54, 1.807) is 0 Å². The molecule has 1 amide bonds. The van der Waals surface area contributed by atoms with Crippen LogP contribution in [-0.4, -0.2) is 29.9 Å². The molecule has 23 heavy (non-hydrogen) atoms. The van der Waals surface area contributed by atoms with Crippen LogP contribution in [0.1, 0.15) is 28.8 Å². The number of alkyl halides is 3. The highest BCUT2D eigenvalue weighted by atomic mass is 79.9. The molecule has 1 saturated carbocycles. The first-order valence-electron chi connectivity index (χ1n) is 7.19. The molecular weight excluding hydrogens is 397 g/mol. The van der Waals surface area contributed by atoms with Gasteiger partial charge in [0.1, 0.15) is 0 Å². The minimum absolute atomic E-state index is 0. The second kappa shape index (κ2) is 6.61. The molecule has 1 saturated heterocycles. The van der Waals surface area contributed by atoms with Gasteiger partial charge >= 0.3 is 6.18 Å². The van der Waals surface area contributed by atoms with Gasteiger partial charge in [0.25, 0.3) is 5.91 Å². The van der Waals surface area contributed by atoms with Gasteiger partial charge < -0.3 is 10.6 Å². The number of likely N-dealkylation sites (tertiary alicyclic amines) is 1. The SMILES string of the molecule is Cl.NC1CCC2CN(C(=O)c3ccc(Br)cc3C(F)(F)F)CC12. The Kier molecular flexibility index (Phi) is 5.33. The number of fused-ring (bicyclic) bond motifs is 1. The van der Waals surface area contributed by atoms with Crippen LogP contribution in [0.4, 0.5) is 13.2 Å². The third-order valence-electron chi connectivity index (χ3n) is 4.72. The molecule has 0 spiro atoms. The van der Waals surface area contributed by atoms with Crippen molar-refractivity contribution in [3.8, 4) is 0 Å². The number of benzene rings is 1. The van der Waals surface area contributed by atoms with E-state index in [0.717, 1.165) is 18.9 Å². The van der Waals surface area contributed by atoms with Gasteiger partial charge in [0.2, 0.25) is 0 Å². The van der Waals surface area contributed by atoms with Crippen molar-refractivity contribution in [2.45, 2.75) is 25.1 Å². The molecule has 1 aliphatic carbocycles. The first-order valence-corrected chi connectivity index (χ1v) is 7.98. The Hall–Kier alpha value is -0.790. The fourth-order valence-electron chi connectivity index (χ4n) is 3.58. The number of nitrogens with two attached hydrogens (primary N) is 1. The highest BCUT2D eigenvalue weighted by Crippen LogP contribution is 2.39. The lowest BCUT2D eigenvalue weighted by molar-refractivity contribution is -0.138. The number of halogens is 5. The van der Waals surface area contributed by atoms with Gasteiger partial charge in [-0.1, -0.05) is 15.9 Å². The fraction of sp³-hybridized carbons (Fsp3) is 0.533. The average molecular weight is 414 g/mol. The van der Waals surface area contributed by atoms with Crippen molar-refractivity contribution in [1.82, 2.24) is 4.90 Å². The highest BCUT2D eigenvalue weighted by Gasteiger charge is 2.44. The summed E-state index contributed by atoms with van der Waals surface area (Å²) >= 11 is 3.03. The third-order valence-corrected chi connectivity index (χ3v) is 5.21. The Bertz CT molecular complexity index is 611. The van der Waals surface area contributed by atoms with E-state index in [1.165, 1.54) is 17.0 Å². The number of nitrogens with zero attached hydrogens (tertiary/aromatic N) is 1. The highest BCUT2D eigenvalue weighted by molar-refractivity contribution is 9.10. The molecule has 1 heterocycles. The summed E-state index contributed by atoms with van der Waals surface area (Å²) in [7, 11) is 0. The van der Waals surface area contributed by atoms with Gasteiger partial charge in [0, 0.05) is 23.6 Å². The summed E-state index contributed by atoms with van der Waals surface area (Å²) in [5.74, 6) is -0.0149. The Morgan fingerprint density at radius 1 is 1.26 bits per heavy atom. The Balaban J connectivity index is 0.00000192. The van der Waals surface area contributed by atoms with E-state index in [2.05, 4.69) is 15.9 Å². The molecule has 3 atom stereocenters. The van der Waals surface area contributed by atoms with Crippen LogP contribution in [-0.2, 0) is 6.18 Å². The fourth-order valence-corrected chi connectivity index (χ4v) is 3.94. The number of amides is 1. The molecule has 128 valence electrons. The summed E-state index contributed by atoms with van der Waals surface area (Å²) in [5, 5.41) is 0. The van der Waals surface area contributed by atoms with Crippen LogP contribution in [0.15, 0.2) is 22.7 Å². The molecule has 8 heteroatoms. The van der Waals surface area contributed by atoms with Crippen LogP contribution in [0.25, 0.3) is 0 Å². The zero-order valence-corrected chi connectivity index (χ0v) is 14.5. The van der Waals surface area contributed by atoms with Crippen molar-refractivity contribution in [1.29, 1.82) is 0 Å². The van der Waals surface area contributed by atoms with E-state index in [1.807, 2.05) is 0 Å². The average Bonchev–Trinajstić information content (AvgIpc) is 3.00. The lowest BCUT2D eigenvalue weighted by Crippen LogP contribution is -2.34. The van der Waals surface area contributed by atoms with Crippen molar-refractivity contribution in [3.05, 3.63) is 33.8 Å². The first-order chi connectivity index (χ1) is 10.3. The monoisotopic (exact) mass is 412 g/mol. The second-order valence-electron chi connectivity index (χ2n) is 6.06. The van der Waals surface area contributed by atoms with Crippen molar-refractivity contribution in [2.75, 3.05) is 13.1 Å². The zero-order valence-electron chi connectivity index (χ0n) is 12.1. The minimum atomic E-state index is -4.55. The van der Waals surface area contributed by atoms with Crippen LogP contribution < -0.4 is 5.73 Å². The van der Waals surface area contributed by atoms with Crippen molar-refractivity contribution in [2.24, 2.45) is 17.6 Å². The first kappa shape index (κ1) is 18.5. The number of carbonyl (C=O) groups excluding carboxylic acids is 1. The lowest BCUT2D eigenvalue weighted by atomic mass is 9.98. The predicted molar refractivity (Wildman–Crippen MR) is 86.5 cm³/mol. The summed E-state index contributed by atoms with van der Waals surface area (Å²) < 4.78 is 39.8. The van der Waals surface area contributed by atoms with Gasteiger partial charge in [0.15, 0.2) is 0 Å². The maximum absolute atomic E-state index is 13.2. The van der Waals surface area contributed by atoms with E-state index in [-0.39, 0.29) is 29.9 Å². The number of carbonyl (C=O) groups is 1. The van der Waals surface area contributed by atoms with Gasteiger partial charge in [-0.15, -0.1) is 12.4 Å². The molecule has 0 bridgehead atoms. The number of hydrogen-bond acceptors (Lipinski definition) is 2. The standard InChI is InChI=1S/C15H16BrF3N2O.ClH/c16-9-2-3-10(12(5-9)15(17,18)19)14(22)21-6-8-1-4-13(20)11(8)7-21;/h2-3,5,8,11,13H,1,4,6-7,20H2;1H. The summed E-state index contributed by atoms with van der Waals surface area (Å²) in [6, 6.07) is 3.71. The number of hydrogen-bond donors (Lipinski definition) is 1. The summed E-state index contributed by atoms with van der Waals surface area (Å²) in [4.78, 5) is 14.1. The molecule has 3 nitrogen and oxygen atoms in total. The quantitative estimate of drug-likeness (QED) is 0.763. The van der Waals surface area contributed by atoms with Crippen molar-refractivity contribution < 1.29 is 18.0 Å². The molecule has 1 aromatic rings. The van der Waals surface area contributed by atoms with Crippen LogP contribution >= 0.6 is 28.3 Å². The van der Waals surface area contributed by atoms with Gasteiger partial charge in [-0.05, 0) is 42.9 Å². The third kappa shape index (κ3) is 3.51. The minimum Gasteiger partial charge on any atom is -0.338 e. The maximum Gasteiger partial charge on any atom is 0.417 e. The molecule has 1 aliphatic heterocycles. The van der Waals surface area contributed by atoms with Gasteiger partial charge in [-0.2, -0.15) is 13.2 Å². The molecular formula is C15H17BrClF3N2O. The lowest BCUT2D eigenvalue weighted by Gasteiger charge is -2.21. The van der Waals surface area contributed by atoms with E-state index < -0.39 is 17.6 Å². The Labute approximate surface area is 146 Å². The normalized spacial score (nSPS) is 26.8. The van der Waals surface area contributed by atoms with Crippen LogP contribution in [0.2, 0.25) is 0 Å². The molecule has 2 aliphatic rings. The maximum atomic E-state index is 13.2. The Morgan fingerprint density at radius 2 is 1.96 bits per heavy atom. The second-order valence-corrected chi connectivity index (χ2v) is 6.98. The van der Waals surface area contributed by atoms with E-state index in [0.29, 0.717) is 23.5 Å². The summed E-state index contributed by atoms with van der Waals surface area (Å²) in [5.41, 5.74) is 4.83. The van der Waals surface area contributed by atoms with E-state index in [4.69, 9.17) is 5.73 Å². The van der Waals surface area contributed by atoms with Gasteiger partial charge in [-0.25, -0.2) is 0 Å². The largest absolute Gasteiger partial charge is 0.417 e. The van der Waals surface area contributed by atoms with E-state index >= 15 is 0 Å². The topological polar surface area (TPSA) is 46.3 Å². The van der Waals surface area contributed by atoms with Crippen molar-refractivity contribution in [3.63, 3.8) is 0 Å². The summed E-state index contributed by atoms with van der Waals surface area (Å²) in [6.45, 7) is 0.961. The summed E-state index contributed by atoms with van der Waals surface area (Å²) in [6.07, 6.45) is -2.67. The molecule has 0 aromatic heterocycles. The van der Waals surface area contributed by atoms with Gasteiger partial charge in [-0.3, -0.25) is 4.79 Å². The Morgan fingerprint density at radius 3 is 2.57 bits per heavy atom. The molecule has 1 aromatic carbocycles. The van der Waals surface area contributed by atoms with Gasteiger partial charge in [0.05, 0.1) is 11.1 Å². The number of rotatable bonds is 1. The van der Waals surface area contributed by atoms with Crippen LogP contribution in [0.5, 0.6) is 0 Å². The molecule has 3 rings (SSSR count). The molecule has 3 unspecified atom stereocenters. The predicted octanol–water partition coefficient (Wildman–Crippen LogP) is 3.70. The van der Waals surface area contributed by atoms with Crippen LogP contribution in [0.3, 0.4) is 0 Å². The smallest absolute Gasteiger partial charge is 0.338 e. The van der Waals surface area contributed by atoms with E-state index in [9.17, 15) is 18.0 Å². The molecule has 2 N–H and O–H groups in total.